The van der Waals surface area contributed by atoms with Crippen LogP contribution in [0.1, 0.15) is 43.0 Å². The number of halogens is 1. The first-order chi connectivity index (χ1) is 9.99. The first-order valence-electron chi connectivity index (χ1n) is 7.21. The Morgan fingerprint density at radius 3 is 2.81 bits per heavy atom. The number of carbonyl (C=O) groups is 1. The molecule has 114 valence electrons. The van der Waals surface area contributed by atoms with E-state index in [9.17, 15) is 14.9 Å². The number of hydrogen-bond donors (Lipinski definition) is 1. The van der Waals surface area contributed by atoms with Crippen molar-refractivity contribution >= 4 is 23.2 Å². The second kappa shape index (κ2) is 6.89. The molecular formula is C15H19ClN2O3. The average Bonchev–Trinajstić information content (AvgIpc) is 2.45. The fourth-order valence-electron chi connectivity index (χ4n) is 2.86. The van der Waals surface area contributed by atoms with Crippen molar-refractivity contribution in [3.05, 3.63) is 38.9 Å². The van der Waals surface area contributed by atoms with Crippen molar-refractivity contribution in [3.8, 4) is 0 Å². The zero-order valence-electron chi connectivity index (χ0n) is 12.0. The number of nitrogens with zero attached hydrogens (tertiary/aromatic N) is 1. The van der Waals surface area contributed by atoms with E-state index in [-0.39, 0.29) is 11.3 Å². The number of amides is 1. The van der Waals surface area contributed by atoms with Gasteiger partial charge in [-0.3, -0.25) is 14.9 Å². The van der Waals surface area contributed by atoms with Crippen LogP contribution in [0.2, 0.25) is 5.02 Å². The minimum atomic E-state index is -0.561. The second-order valence-electron chi connectivity index (χ2n) is 5.65. The molecule has 1 aliphatic carbocycles. The lowest BCUT2D eigenvalue weighted by molar-refractivity contribution is -0.385. The van der Waals surface area contributed by atoms with Gasteiger partial charge < -0.3 is 5.32 Å². The molecule has 2 rings (SSSR count). The van der Waals surface area contributed by atoms with Gasteiger partial charge in [0.2, 0.25) is 0 Å². The molecule has 6 heteroatoms. The van der Waals surface area contributed by atoms with Gasteiger partial charge in [-0.25, -0.2) is 0 Å². The molecule has 1 saturated carbocycles. The Morgan fingerprint density at radius 2 is 2.14 bits per heavy atom. The number of rotatable bonds is 4. The highest BCUT2D eigenvalue weighted by Gasteiger charge is 2.24. The number of carbonyl (C=O) groups excluding carboxylic acids is 1. The summed E-state index contributed by atoms with van der Waals surface area (Å²) >= 11 is 5.84. The normalized spacial score (nSPS) is 21.8. The summed E-state index contributed by atoms with van der Waals surface area (Å²) in [6, 6.07) is 4.03. The van der Waals surface area contributed by atoms with E-state index in [4.69, 9.17) is 11.6 Å². The fraction of sp³-hybridized carbons (Fsp3) is 0.533. The van der Waals surface area contributed by atoms with Gasteiger partial charge in [0, 0.05) is 17.6 Å². The van der Waals surface area contributed by atoms with Crippen LogP contribution in [0.5, 0.6) is 0 Å². The summed E-state index contributed by atoms with van der Waals surface area (Å²) in [5, 5.41) is 14.1. The minimum absolute atomic E-state index is 0.0240. The van der Waals surface area contributed by atoms with Crippen LogP contribution in [0.3, 0.4) is 0 Å². The van der Waals surface area contributed by atoms with Crippen LogP contribution in [0.25, 0.3) is 0 Å². The van der Waals surface area contributed by atoms with Crippen LogP contribution in [0, 0.1) is 22.0 Å². The molecule has 1 aromatic carbocycles. The number of benzene rings is 1. The molecule has 0 aliphatic heterocycles. The summed E-state index contributed by atoms with van der Waals surface area (Å²) in [4.78, 5) is 22.6. The SMILES string of the molecule is CC1CCCCC1CNC(=O)c1cc(Cl)ccc1[N+](=O)[O-]. The first kappa shape index (κ1) is 15.8. The molecule has 0 aromatic heterocycles. The predicted octanol–water partition coefficient (Wildman–Crippen LogP) is 3.80. The Kier molecular flexibility index (Phi) is 5.17. The van der Waals surface area contributed by atoms with E-state index in [0.29, 0.717) is 23.4 Å². The van der Waals surface area contributed by atoms with Gasteiger partial charge in [-0.1, -0.05) is 37.8 Å². The first-order valence-corrected chi connectivity index (χ1v) is 7.59. The number of nitrogens with one attached hydrogen (secondary N) is 1. The van der Waals surface area contributed by atoms with Crippen molar-refractivity contribution in [2.24, 2.45) is 11.8 Å². The Bertz CT molecular complexity index is 548. The average molecular weight is 311 g/mol. The Morgan fingerprint density at radius 1 is 1.43 bits per heavy atom. The van der Waals surface area contributed by atoms with E-state index < -0.39 is 10.8 Å². The van der Waals surface area contributed by atoms with E-state index in [1.165, 1.54) is 37.5 Å². The molecule has 1 aromatic rings. The van der Waals surface area contributed by atoms with E-state index in [1.54, 1.807) is 0 Å². The lowest BCUT2D eigenvalue weighted by atomic mass is 9.80. The molecule has 2 atom stereocenters. The predicted molar refractivity (Wildman–Crippen MR) is 81.6 cm³/mol. The molecule has 0 heterocycles. The maximum atomic E-state index is 12.2. The quantitative estimate of drug-likeness (QED) is 0.679. The van der Waals surface area contributed by atoms with Gasteiger partial charge in [-0.2, -0.15) is 0 Å². The van der Waals surface area contributed by atoms with Crippen LogP contribution in [0.4, 0.5) is 5.69 Å². The standard InChI is InChI=1S/C15H19ClN2O3/c1-10-4-2-3-5-11(10)9-17-15(19)13-8-12(16)6-7-14(13)18(20)21/h6-8,10-11H,2-5,9H2,1H3,(H,17,19). The smallest absolute Gasteiger partial charge is 0.282 e. The topological polar surface area (TPSA) is 72.2 Å². The molecule has 1 aliphatic rings. The van der Waals surface area contributed by atoms with Crippen molar-refractivity contribution in [1.82, 2.24) is 5.32 Å². The Hall–Kier alpha value is -1.62. The molecule has 21 heavy (non-hydrogen) atoms. The molecule has 0 bridgehead atoms. The monoisotopic (exact) mass is 310 g/mol. The van der Waals surface area contributed by atoms with E-state index >= 15 is 0 Å². The molecule has 0 radical (unpaired) electrons. The molecule has 0 saturated heterocycles. The number of nitro benzene ring substituents is 1. The summed E-state index contributed by atoms with van der Waals surface area (Å²) in [6.07, 6.45) is 4.70. The van der Waals surface area contributed by atoms with E-state index in [1.807, 2.05) is 0 Å². The summed E-state index contributed by atoms with van der Waals surface area (Å²) in [5.74, 6) is 0.594. The van der Waals surface area contributed by atoms with Gasteiger partial charge in [0.1, 0.15) is 5.56 Å². The zero-order chi connectivity index (χ0) is 15.4. The molecule has 1 N–H and O–H groups in total. The van der Waals surface area contributed by atoms with Crippen LogP contribution in [0.15, 0.2) is 18.2 Å². The lowest BCUT2D eigenvalue weighted by Gasteiger charge is -2.28. The summed E-state index contributed by atoms with van der Waals surface area (Å²) in [6.45, 7) is 2.75. The number of hydrogen-bond acceptors (Lipinski definition) is 3. The minimum Gasteiger partial charge on any atom is -0.352 e. The molecule has 1 fully saturated rings. The highest BCUT2D eigenvalue weighted by atomic mass is 35.5. The van der Waals surface area contributed by atoms with Gasteiger partial charge >= 0.3 is 0 Å². The third-order valence-electron chi connectivity index (χ3n) is 4.21. The maximum absolute atomic E-state index is 12.2. The third kappa shape index (κ3) is 3.94. The van der Waals surface area contributed by atoms with Crippen molar-refractivity contribution < 1.29 is 9.72 Å². The summed E-state index contributed by atoms with van der Waals surface area (Å²) in [5.41, 5.74) is -0.190. The fourth-order valence-corrected chi connectivity index (χ4v) is 3.04. The largest absolute Gasteiger partial charge is 0.352 e. The summed E-state index contributed by atoms with van der Waals surface area (Å²) in [7, 11) is 0. The van der Waals surface area contributed by atoms with Gasteiger partial charge in [0.25, 0.3) is 11.6 Å². The zero-order valence-corrected chi connectivity index (χ0v) is 12.7. The molecule has 1 amide bonds. The van der Waals surface area contributed by atoms with Gasteiger partial charge in [0.15, 0.2) is 0 Å². The van der Waals surface area contributed by atoms with Crippen molar-refractivity contribution in [2.75, 3.05) is 6.54 Å². The van der Waals surface area contributed by atoms with Crippen molar-refractivity contribution in [1.29, 1.82) is 0 Å². The highest BCUT2D eigenvalue weighted by Crippen LogP contribution is 2.29. The highest BCUT2D eigenvalue weighted by molar-refractivity contribution is 6.31. The van der Waals surface area contributed by atoms with E-state index in [2.05, 4.69) is 12.2 Å². The van der Waals surface area contributed by atoms with Crippen molar-refractivity contribution in [3.63, 3.8) is 0 Å². The van der Waals surface area contributed by atoms with Gasteiger partial charge in [-0.05, 0) is 30.4 Å². The maximum Gasteiger partial charge on any atom is 0.282 e. The lowest BCUT2D eigenvalue weighted by Crippen LogP contribution is -2.33. The Labute approximate surface area is 128 Å². The molecule has 2 unspecified atom stereocenters. The second-order valence-corrected chi connectivity index (χ2v) is 6.09. The van der Waals surface area contributed by atoms with Crippen LogP contribution in [-0.2, 0) is 0 Å². The van der Waals surface area contributed by atoms with Crippen LogP contribution in [-0.4, -0.2) is 17.4 Å². The van der Waals surface area contributed by atoms with Crippen molar-refractivity contribution in [2.45, 2.75) is 32.6 Å². The Balaban J connectivity index is 2.06. The third-order valence-corrected chi connectivity index (χ3v) is 4.45. The molecular weight excluding hydrogens is 292 g/mol. The van der Waals surface area contributed by atoms with Gasteiger partial charge in [0.05, 0.1) is 4.92 Å². The summed E-state index contributed by atoms with van der Waals surface area (Å²) < 4.78 is 0. The molecule has 5 nitrogen and oxygen atoms in total. The van der Waals surface area contributed by atoms with E-state index in [0.717, 1.165) is 6.42 Å². The van der Waals surface area contributed by atoms with Crippen LogP contribution < -0.4 is 5.32 Å². The number of nitro groups is 1. The van der Waals surface area contributed by atoms with Gasteiger partial charge in [-0.15, -0.1) is 0 Å². The molecule has 0 spiro atoms. The van der Waals surface area contributed by atoms with Crippen LogP contribution >= 0.6 is 11.6 Å².